The fourth-order valence-corrected chi connectivity index (χ4v) is 3.31. The Bertz CT molecular complexity index is 426. The second-order valence-electron chi connectivity index (χ2n) is 5.27. The molecule has 4 heteroatoms. The summed E-state index contributed by atoms with van der Waals surface area (Å²) in [7, 11) is 0. The summed E-state index contributed by atoms with van der Waals surface area (Å²) >= 11 is 0. The van der Waals surface area contributed by atoms with E-state index in [1.54, 1.807) is 6.07 Å². The van der Waals surface area contributed by atoms with Gasteiger partial charge in [0.05, 0.1) is 12.1 Å². The van der Waals surface area contributed by atoms with E-state index < -0.39 is 5.97 Å². The van der Waals surface area contributed by atoms with Crippen LogP contribution in [-0.4, -0.2) is 17.1 Å². The Labute approximate surface area is 100 Å². The van der Waals surface area contributed by atoms with Crippen molar-refractivity contribution in [3.63, 3.8) is 0 Å². The van der Waals surface area contributed by atoms with Crippen LogP contribution in [0.2, 0.25) is 0 Å². The van der Waals surface area contributed by atoms with Crippen molar-refractivity contribution in [2.45, 2.75) is 38.3 Å². The van der Waals surface area contributed by atoms with E-state index in [4.69, 9.17) is 9.52 Å². The number of nitrogens with one attached hydrogen (secondary N) is 1. The standard InChI is InChI=1S/C13H17NO3/c15-13(16)10-5-11(17-7-10)6-14-12-4-8-1-2-9(12)3-8/h5,7-9,12,14H,1-4,6H2,(H,15,16). The molecule has 0 radical (unpaired) electrons. The minimum atomic E-state index is -0.931. The van der Waals surface area contributed by atoms with Crippen molar-refractivity contribution >= 4 is 5.97 Å². The van der Waals surface area contributed by atoms with Crippen molar-refractivity contribution in [2.24, 2.45) is 11.8 Å². The third kappa shape index (κ3) is 2.09. The second kappa shape index (κ2) is 4.18. The molecule has 0 saturated heterocycles. The van der Waals surface area contributed by atoms with Crippen molar-refractivity contribution in [2.75, 3.05) is 0 Å². The quantitative estimate of drug-likeness (QED) is 0.840. The summed E-state index contributed by atoms with van der Waals surface area (Å²) in [4.78, 5) is 10.7. The monoisotopic (exact) mass is 235 g/mol. The largest absolute Gasteiger partial charge is 0.478 e. The van der Waals surface area contributed by atoms with Gasteiger partial charge in [-0.25, -0.2) is 4.79 Å². The average Bonchev–Trinajstić information content (AvgIpc) is 3.02. The third-order valence-electron chi connectivity index (χ3n) is 4.18. The molecule has 2 bridgehead atoms. The Hall–Kier alpha value is -1.29. The highest BCUT2D eigenvalue weighted by Crippen LogP contribution is 2.44. The molecule has 0 spiro atoms. The number of hydrogen-bond acceptors (Lipinski definition) is 3. The van der Waals surface area contributed by atoms with Crippen LogP contribution in [0.3, 0.4) is 0 Å². The molecule has 0 aromatic carbocycles. The zero-order valence-electron chi connectivity index (χ0n) is 9.69. The molecule has 1 aromatic heterocycles. The smallest absolute Gasteiger partial charge is 0.338 e. The highest BCUT2D eigenvalue weighted by atomic mass is 16.4. The van der Waals surface area contributed by atoms with Crippen LogP contribution >= 0.6 is 0 Å². The molecule has 0 aliphatic heterocycles. The van der Waals surface area contributed by atoms with Gasteiger partial charge in [0.15, 0.2) is 0 Å². The Kier molecular flexibility index (Phi) is 2.67. The second-order valence-corrected chi connectivity index (χ2v) is 5.27. The maximum absolute atomic E-state index is 10.7. The lowest BCUT2D eigenvalue weighted by Crippen LogP contribution is -2.33. The first-order valence-electron chi connectivity index (χ1n) is 6.26. The van der Waals surface area contributed by atoms with E-state index in [1.807, 2.05) is 0 Å². The van der Waals surface area contributed by atoms with E-state index in [0.29, 0.717) is 18.3 Å². The number of carboxylic acids is 1. The third-order valence-corrected chi connectivity index (χ3v) is 4.18. The molecule has 2 aliphatic carbocycles. The Morgan fingerprint density at radius 2 is 2.35 bits per heavy atom. The van der Waals surface area contributed by atoms with Gasteiger partial charge in [0.1, 0.15) is 12.0 Å². The zero-order chi connectivity index (χ0) is 11.8. The number of furan rings is 1. The van der Waals surface area contributed by atoms with Gasteiger partial charge in [-0.15, -0.1) is 0 Å². The van der Waals surface area contributed by atoms with Crippen molar-refractivity contribution in [3.05, 3.63) is 23.7 Å². The molecule has 3 rings (SSSR count). The number of aromatic carboxylic acids is 1. The van der Waals surface area contributed by atoms with E-state index >= 15 is 0 Å². The molecule has 2 fully saturated rings. The number of carboxylic acid groups (broad SMARTS) is 1. The number of rotatable bonds is 4. The van der Waals surface area contributed by atoms with Gasteiger partial charge >= 0.3 is 5.97 Å². The molecular formula is C13H17NO3. The lowest BCUT2D eigenvalue weighted by atomic mass is 9.95. The molecule has 3 unspecified atom stereocenters. The van der Waals surface area contributed by atoms with Gasteiger partial charge in [-0.2, -0.15) is 0 Å². The summed E-state index contributed by atoms with van der Waals surface area (Å²) in [6.07, 6.45) is 6.70. The van der Waals surface area contributed by atoms with Crippen LogP contribution in [0.15, 0.2) is 16.7 Å². The highest BCUT2D eigenvalue weighted by Gasteiger charge is 2.39. The van der Waals surface area contributed by atoms with Gasteiger partial charge in [0.25, 0.3) is 0 Å². The van der Waals surface area contributed by atoms with Crippen LogP contribution in [0, 0.1) is 11.8 Å². The lowest BCUT2D eigenvalue weighted by molar-refractivity contribution is 0.0696. The van der Waals surface area contributed by atoms with E-state index in [1.165, 1.54) is 31.9 Å². The number of fused-ring (bicyclic) bond motifs is 2. The molecule has 0 amide bonds. The van der Waals surface area contributed by atoms with Crippen molar-refractivity contribution < 1.29 is 14.3 Å². The van der Waals surface area contributed by atoms with Gasteiger partial charge in [-0.1, -0.05) is 6.42 Å². The topological polar surface area (TPSA) is 62.5 Å². The molecule has 3 atom stereocenters. The lowest BCUT2D eigenvalue weighted by Gasteiger charge is -2.22. The van der Waals surface area contributed by atoms with Crippen LogP contribution in [0.4, 0.5) is 0 Å². The predicted molar refractivity (Wildman–Crippen MR) is 61.7 cm³/mol. The first-order valence-corrected chi connectivity index (χ1v) is 6.26. The van der Waals surface area contributed by atoms with E-state index in [-0.39, 0.29) is 5.56 Å². The molecule has 2 aliphatic rings. The Morgan fingerprint density at radius 1 is 1.47 bits per heavy atom. The SMILES string of the molecule is O=C(O)c1coc(CNC2CC3CCC2C3)c1. The summed E-state index contributed by atoms with van der Waals surface area (Å²) in [6.45, 7) is 0.640. The summed E-state index contributed by atoms with van der Waals surface area (Å²) < 4.78 is 5.22. The van der Waals surface area contributed by atoms with Crippen LogP contribution in [0.1, 0.15) is 41.8 Å². The number of carbonyl (C=O) groups is 1. The maximum atomic E-state index is 10.7. The minimum Gasteiger partial charge on any atom is -0.478 e. The summed E-state index contributed by atoms with van der Waals surface area (Å²) in [6, 6.07) is 2.20. The average molecular weight is 235 g/mol. The molecular weight excluding hydrogens is 218 g/mol. The van der Waals surface area contributed by atoms with Gasteiger partial charge in [-0.05, 0) is 37.2 Å². The van der Waals surface area contributed by atoms with E-state index in [0.717, 1.165) is 11.8 Å². The molecule has 2 saturated carbocycles. The van der Waals surface area contributed by atoms with Gasteiger partial charge in [-0.3, -0.25) is 0 Å². The van der Waals surface area contributed by atoms with Crippen molar-refractivity contribution in [1.82, 2.24) is 5.32 Å². The Morgan fingerprint density at radius 3 is 2.94 bits per heavy atom. The van der Waals surface area contributed by atoms with Crippen molar-refractivity contribution in [3.8, 4) is 0 Å². The predicted octanol–water partition coefficient (Wildman–Crippen LogP) is 2.26. The summed E-state index contributed by atoms with van der Waals surface area (Å²) in [5.74, 6) is 1.53. The van der Waals surface area contributed by atoms with Gasteiger partial charge in [0, 0.05) is 6.04 Å². The van der Waals surface area contributed by atoms with Crippen LogP contribution < -0.4 is 5.32 Å². The van der Waals surface area contributed by atoms with Crippen LogP contribution in [0.5, 0.6) is 0 Å². The first-order chi connectivity index (χ1) is 8.22. The van der Waals surface area contributed by atoms with Crippen molar-refractivity contribution in [1.29, 1.82) is 0 Å². The number of hydrogen-bond donors (Lipinski definition) is 2. The zero-order valence-corrected chi connectivity index (χ0v) is 9.69. The molecule has 1 aromatic rings. The molecule has 92 valence electrons. The Balaban J connectivity index is 1.55. The van der Waals surface area contributed by atoms with Gasteiger partial charge in [0.2, 0.25) is 0 Å². The van der Waals surface area contributed by atoms with Crippen LogP contribution in [-0.2, 0) is 6.54 Å². The molecule has 17 heavy (non-hydrogen) atoms. The summed E-state index contributed by atoms with van der Waals surface area (Å²) in [5.41, 5.74) is 0.231. The minimum absolute atomic E-state index is 0.231. The maximum Gasteiger partial charge on any atom is 0.338 e. The molecule has 4 nitrogen and oxygen atoms in total. The highest BCUT2D eigenvalue weighted by molar-refractivity contribution is 5.87. The molecule has 2 N–H and O–H groups in total. The normalized spacial score (nSPS) is 30.9. The van der Waals surface area contributed by atoms with E-state index in [9.17, 15) is 4.79 Å². The van der Waals surface area contributed by atoms with E-state index in [2.05, 4.69) is 5.32 Å². The van der Waals surface area contributed by atoms with Gasteiger partial charge < -0.3 is 14.8 Å². The fourth-order valence-electron chi connectivity index (χ4n) is 3.31. The van der Waals surface area contributed by atoms with Crippen LogP contribution in [0.25, 0.3) is 0 Å². The molecule has 1 heterocycles. The fraction of sp³-hybridized carbons (Fsp3) is 0.615. The first kappa shape index (κ1) is 10.8. The summed E-state index contributed by atoms with van der Waals surface area (Å²) in [5, 5.41) is 12.3.